The number of hydrogen-bond acceptors (Lipinski definition) is 3. The van der Waals surface area contributed by atoms with Gasteiger partial charge in [-0.3, -0.25) is 15.0 Å². The molecule has 1 heterocycles. The van der Waals surface area contributed by atoms with Gasteiger partial charge in [-0.05, 0) is 18.1 Å². The van der Waals surface area contributed by atoms with E-state index < -0.39 is 6.04 Å². The number of carbonyl (C=O) groups is 2. The lowest BCUT2D eigenvalue weighted by molar-refractivity contribution is -0.126. The van der Waals surface area contributed by atoms with Gasteiger partial charge in [0.2, 0.25) is 5.91 Å². The summed E-state index contributed by atoms with van der Waals surface area (Å²) in [4.78, 5) is 27.6. The van der Waals surface area contributed by atoms with Crippen LogP contribution < -0.4 is 10.7 Å². The van der Waals surface area contributed by atoms with Crippen molar-refractivity contribution < 1.29 is 9.59 Å². The van der Waals surface area contributed by atoms with Crippen LogP contribution in [-0.2, 0) is 9.59 Å². The van der Waals surface area contributed by atoms with Crippen LogP contribution in [0.25, 0.3) is 11.0 Å². The van der Waals surface area contributed by atoms with Gasteiger partial charge < -0.3 is 5.32 Å². The molecule has 6 heteroatoms. The minimum absolute atomic E-state index is 0.00585. The summed E-state index contributed by atoms with van der Waals surface area (Å²) in [6.07, 6.45) is 1.55. The Balaban J connectivity index is 2.19. The number of fused-ring (bicyclic) bond motifs is 1. The number of benzene rings is 1. The second kappa shape index (κ2) is 5.73. The molecule has 0 radical (unpaired) electrons. The Morgan fingerprint density at radius 2 is 1.95 bits per heavy atom. The first-order valence-corrected chi connectivity index (χ1v) is 6.49. The van der Waals surface area contributed by atoms with Gasteiger partial charge in [0.05, 0.1) is 11.0 Å². The third kappa shape index (κ3) is 2.96. The molecule has 0 aliphatic heterocycles. The molecule has 0 saturated heterocycles. The lowest BCUT2D eigenvalue weighted by Gasteiger charge is -2.21. The molecular formula is C14H18N4O2. The van der Waals surface area contributed by atoms with Crippen LogP contribution in [0.15, 0.2) is 30.6 Å². The highest BCUT2D eigenvalue weighted by Crippen LogP contribution is 2.10. The highest BCUT2D eigenvalue weighted by molar-refractivity contribution is 5.93. The number of para-hydroxylation sites is 2. The number of aromatic nitrogens is 2. The average molecular weight is 274 g/mol. The molecule has 0 aliphatic rings. The van der Waals surface area contributed by atoms with Crippen LogP contribution in [0, 0.1) is 5.92 Å². The summed E-state index contributed by atoms with van der Waals surface area (Å²) in [7, 11) is 0. The van der Waals surface area contributed by atoms with Crippen molar-refractivity contribution in [3.8, 4) is 0 Å². The van der Waals surface area contributed by atoms with E-state index in [0.717, 1.165) is 11.0 Å². The Morgan fingerprint density at radius 1 is 1.25 bits per heavy atom. The zero-order chi connectivity index (χ0) is 14.7. The Kier molecular flexibility index (Phi) is 4.02. The molecule has 0 bridgehead atoms. The minimum Gasteiger partial charge on any atom is -0.344 e. The number of nitrogens with zero attached hydrogens (tertiary/aromatic N) is 2. The molecule has 2 aromatic rings. The summed E-state index contributed by atoms with van der Waals surface area (Å²) in [6, 6.07) is 6.92. The number of rotatable bonds is 4. The maximum Gasteiger partial charge on any atom is 0.261 e. The molecule has 2 rings (SSSR count). The normalized spacial score (nSPS) is 12.4. The van der Waals surface area contributed by atoms with Crippen molar-refractivity contribution in [2.45, 2.75) is 26.8 Å². The van der Waals surface area contributed by atoms with Crippen LogP contribution in [0.1, 0.15) is 20.8 Å². The topological polar surface area (TPSA) is 76.0 Å². The van der Waals surface area contributed by atoms with Crippen molar-refractivity contribution in [3.05, 3.63) is 30.6 Å². The molecule has 2 amide bonds. The van der Waals surface area contributed by atoms with E-state index in [-0.39, 0.29) is 17.7 Å². The van der Waals surface area contributed by atoms with Crippen molar-refractivity contribution in [1.29, 1.82) is 0 Å². The van der Waals surface area contributed by atoms with Crippen molar-refractivity contribution in [1.82, 2.24) is 15.0 Å². The molecular weight excluding hydrogens is 256 g/mol. The van der Waals surface area contributed by atoms with E-state index in [1.54, 1.807) is 11.0 Å². The van der Waals surface area contributed by atoms with Crippen LogP contribution in [0.2, 0.25) is 0 Å². The van der Waals surface area contributed by atoms with Crippen LogP contribution in [0.4, 0.5) is 0 Å². The molecule has 1 aromatic carbocycles. The lowest BCUT2D eigenvalue weighted by atomic mass is 10.0. The van der Waals surface area contributed by atoms with Crippen LogP contribution in [0.5, 0.6) is 0 Å². The number of carbonyl (C=O) groups excluding carboxylic acids is 2. The van der Waals surface area contributed by atoms with Gasteiger partial charge in [0, 0.05) is 6.92 Å². The fourth-order valence-corrected chi connectivity index (χ4v) is 1.99. The molecule has 0 aliphatic carbocycles. The van der Waals surface area contributed by atoms with E-state index in [0.29, 0.717) is 0 Å². The van der Waals surface area contributed by atoms with Crippen LogP contribution >= 0.6 is 0 Å². The fraction of sp³-hybridized carbons (Fsp3) is 0.357. The summed E-state index contributed by atoms with van der Waals surface area (Å²) < 4.78 is 1.56. The van der Waals surface area contributed by atoms with Crippen LogP contribution in [-0.4, -0.2) is 27.5 Å². The highest BCUT2D eigenvalue weighted by atomic mass is 16.2. The van der Waals surface area contributed by atoms with E-state index in [1.807, 2.05) is 38.1 Å². The second-order valence-electron chi connectivity index (χ2n) is 5.00. The number of amides is 2. The highest BCUT2D eigenvalue weighted by Gasteiger charge is 2.23. The minimum atomic E-state index is -0.575. The van der Waals surface area contributed by atoms with Gasteiger partial charge in [-0.25, -0.2) is 9.66 Å². The van der Waals surface area contributed by atoms with E-state index in [9.17, 15) is 9.59 Å². The molecule has 106 valence electrons. The third-order valence-corrected chi connectivity index (χ3v) is 2.99. The Labute approximate surface area is 117 Å². The standard InChI is InChI=1S/C14H18N4O2/c1-9(2)13(16-10(3)19)14(20)17-18-8-15-11-6-4-5-7-12(11)18/h4-9,13H,1-3H3,(H,16,19)(H,17,20). The summed E-state index contributed by atoms with van der Waals surface area (Å²) >= 11 is 0. The summed E-state index contributed by atoms with van der Waals surface area (Å²) in [5.74, 6) is -0.499. The first-order chi connectivity index (χ1) is 9.49. The SMILES string of the molecule is CC(=O)NC(C(=O)Nn1cnc2ccccc21)C(C)C. The first-order valence-electron chi connectivity index (χ1n) is 6.49. The molecule has 1 unspecified atom stereocenters. The van der Waals surface area contributed by atoms with Crippen molar-refractivity contribution in [3.63, 3.8) is 0 Å². The van der Waals surface area contributed by atoms with E-state index >= 15 is 0 Å². The summed E-state index contributed by atoms with van der Waals surface area (Å²) in [6.45, 7) is 5.16. The van der Waals surface area contributed by atoms with Gasteiger partial charge in [-0.1, -0.05) is 26.0 Å². The third-order valence-electron chi connectivity index (χ3n) is 2.99. The zero-order valence-electron chi connectivity index (χ0n) is 11.8. The van der Waals surface area contributed by atoms with Gasteiger partial charge in [-0.2, -0.15) is 0 Å². The van der Waals surface area contributed by atoms with Gasteiger partial charge in [0.1, 0.15) is 12.4 Å². The number of imidazole rings is 1. The maximum absolute atomic E-state index is 12.3. The summed E-state index contributed by atoms with van der Waals surface area (Å²) in [5, 5.41) is 2.65. The second-order valence-corrected chi connectivity index (χ2v) is 5.00. The smallest absolute Gasteiger partial charge is 0.261 e. The van der Waals surface area contributed by atoms with Gasteiger partial charge >= 0.3 is 0 Å². The average Bonchev–Trinajstić information content (AvgIpc) is 2.79. The molecule has 1 atom stereocenters. The van der Waals surface area contributed by atoms with Gasteiger partial charge in [0.25, 0.3) is 5.91 Å². The number of hydrogen-bond donors (Lipinski definition) is 2. The van der Waals surface area contributed by atoms with Crippen LogP contribution in [0.3, 0.4) is 0 Å². The molecule has 20 heavy (non-hydrogen) atoms. The maximum atomic E-state index is 12.3. The van der Waals surface area contributed by atoms with Crippen molar-refractivity contribution >= 4 is 22.8 Å². The first kappa shape index (κ1) is 14.0. The van der Waals surface area contributed by atoms with E-state index in [2.05, 4.69) is 15.7 Å². The van der Waals surface area contributed by atoms with Crippen molar-refractivity contribution in [2.24, 2.45) is 5.92 Å². The molecule has 6 nitrogen and oxygen atoms in total. The number of nitrogens with one attached hydrogen (secondary N) is 2. The fourth-order valence-electron chi connectivity index (χ4n) is 1.99. The Bertz CT molecular complexity index is 633. The lowest BCUT2D eigenvalue weighted by Crippen LogP contribution is -2.48. The van der Waals surface area contributed by atoms with E-state index in [1.165, 1.54) is 6.92 Å². The van der Waals surface area contributed by atoms with E-state index in [4.69, 9.17) is 0 Å². The monoisotopic (exact) mass is 274 g/mol. The zero-order valence-corrected chi connectivity index (χ0v) is 11.8. The Hall–Kier alpha value is -2.37. The predicted octanol–water partition coefficient (Wildman–Crippen LogP) is 1.27. The van der Waals surface area contributed by atoms with Gasteiger partial charge in [0.15, 0.2) is 0 Å². The molecule has 1 aromatic heterocycles. The van der Waals surface area contributed by atoms with Crippen molar-refractivity contribution in [2.75, 3.05) is 5.43 Å². The Morgan fingerprint density at radius 3 is 2.60 bits per heavy atom. The predicted molar refractivity (Wildman–Crippen MR) is 76.5 cm³/mol. The molecule has 0 spiro atoms. The molecule has 0 saturated carbocycles. The largest absolute Gasteiger partial charge is 0.344 e. The summed E-state index contributed by atoms with van der Waals surface area (Å²) in [5.41, 5.74) is 4.36. The molecule has 2 N–H and O–H groups in total. The van der Waals surface area contributed by atoms with Gasteiger partial charge in [-0.15, -0.1) is 0 Å². The molecule has 0 fully saturated rings. The quantitative estimate of drug-likeness (QED) is 0.881.